The summed E-state index contributed by atoms with van der Waals surface area (Å²) >= 11 is 0. The summed E-state index contributed by atoms with van der Waals surface area (Å²) in [4.78, 5) is 16.8. The Balaban J connectivity index is 1.84. The van der Waals surface area contributed by atoms with Crippen molar-refractivity contribution >= 4 is 22.7 Å². The lowest BCUT2D eigenvalue weighted by atomic mass is 9.99. The maximum atomic E-state index is 13.9. The molecule has 1 unspecified atom stereocenters. The van der Waals surface area contributed by atoms with Crippen molar-refractivity contribution in [3.05, 3.63) is 71.7 Å². The van der Waals surface area contributed by atoms with Crippen LogP contribution in [0.15, 0.2) is 48.7 Å². The molecular formula is C21H15F2N7. The molecule has 0 aliphatic heterocycles. The summed E-state index contributed by atoms with van der Waals surface area (Å²) in [6.07, 6.45) is 1.64. The van der Waals surface area contributed by atoms with Crippen LogP contribution in [0.5, 0.6) is 0 Å². The van der Waals surface area contributed by atoms with Crippen molar-refractivity contribution in [2.75, 3.05) is 11.1 Å². The fraction of sp³-hybridized carbons (Fsp3) is 0.0952. The largest absolute Gasteiger partial charge is 0.383 e. The Kier molecular flexibility index (Phi) is 4.90. The number of anilines is 2. The second-order valence-electron chi connectivity index (χ2n) is 6.61. The lowest BCUT2D eigenvalue weighted by Gasteiger charge is -2.19. The second-order valence-corrected chi connectivity index (χ2v) is 6.61. The first-order chi connectivity index (χ1) is 14.4. The molecule has 0 spiro atoms. The lowest BCUT2D eigenvalue weighted by Crippen LogP contribution is -2.12. The minimum absolute atomic E-state index is 0.0737. The summed E-state index contributed by atoms with van der Waals surface area (Å²) in [5.41, 5.74) is 8.28. The first-order valence-electron chi connectivity index (χ1n) is 8.96. The number of rotatable bonds is 4. The topological polar surface area (TPSA) is 113 Å². The zero-order valence-corrected chi connectivity index (χ0v) is 15.8. The molecule has 0 saturated carbocycles. The zero-order chi connectivity index (χ0) is 21.3. The van der Waals surface area contributed by atoms with Crippen molar-refractivity contribution in [3.8, 4) is 17.3 Å². The third kappa shape index (κ3) is 3.84. The molecule has 7 nitrogen and oxygen atoms in total. The maximum Gasteiger partial charge on any atom is 0.236 e. The number of nitriles is 1. The van der Waals surface area contributed by atoms with E-state index in [9.17, 15) is 8.78 Å². The summed E-state index contributed by atoms with van der Waals surface area (Å²) in [5.74, 6) is -1.000. The number of fused-ring (bicyclic) bond motifs is 1. The number of hydrogen-bond acceptors (Lipinski definition) is 7. The van der Waals surface area contributed by atoms with Crippen LogP contribution in [-0.4, -0.2) is 19.9 Å². The Labute approximate surface area is 170 Å². The highest BCUT2D eigenvalue weighted by molar-refractivity contribution is 5.80. The number of hydrogen-bond donors (Lipinski definition) is 2. The van der Waals surface area contributed by atoms with Crippen molar-refractivity contribution in [1.82, 2.24) is 19.9 Å². The van der Waals surface area contributed by atoms with Gasteiger partial charge in [0.15, 0.2) is 0 Å². The predicted octanol–water partition coefficient (Wildman–Crippen LogP) is 3.99. The van der Waals surface area contributed by atoms with Crippen LogP contribution in [0.4, 0.5) is 20.4 Å². The minimum Gasteiger partial charge on any atom is -0.383 e. The highest BCUT2D eigenvalue weighted by Gasteiger charge is 2.18. The van der Waals surface area contributed by atoms with Crippen molar-refractivity contribution in [2.45, 2.75) is 13.0 Å². The van der Waals surface area contributed by atoms with Gasteiger partial charge in [0.1, 0.15) is 29.3 Å². The molecule has 30 heavy (non-hydrogen) atoms. The van der Waals surface area contributed by atoms with Gasteiger partial charge in [-0.1, -0.05) is 0 Å². The van der Waals surface area contributed by atoms with Crippen molar-refractivity contribution in [1.29, 1.82) is 5.26 Å². The maximum absolute atomic E-state index is 13.9. The Hall–Kier alpha value is -4.19. The molecule has 0 aliphatic rings. The van der Waals surface area contributed by atoms with Gasteiger partial charge in [0.25, 0.3) is 0 Å². The van der Waals surface area contributed by atoms with Gasteiger partial charge in [-0.2, -0.15) is 5.26 Å². The van der Waals surface area contributed by atoms with E-state index in [1.54, 1.807) is 24.4 Å². The molecule has 0 fully saturated rings. The van der Waals surface area contributed by atoms with Crippen molar-refractivity contribution in [3.63, 3.8) is 0 Å². The lowest BCUT2D eigenvalue weighted by molar-refractivity contribution is 0.584. The van der Waals surface area contributed by atoms with Crippen LogP contribution in [0.1, 0.15) is 24.4 Å². The number of nitrogens with two attached hydrogens (primary N) is 1. The van der Waals surface area contributed by atoms with Crippen LogP contribution >= 0.6 is 0 Å². The summed E-state index contributed by atoms with van der Waals surface area (Å²) in [6.45, 7) is 1.83. The normalized spacial score (nSPS) is 11.8. The van der Waals surface area contributed by atoms with E-state index in [0.717, 1.165) is 6.07 Å². The zero-order valence-electron chi connectivity index (χ0n) is 15.8. The quantitative estimate of drug-likeness (QED) is 0.529. The standard InChI is InChI=1S/C21H15F2N7/c1-11(27-19-9-18(25)29-20(10-24)30-19)15-8-17-16(3-2-4-26-17)28-21(15)12-5-13(22)7-14(23)6-12/h2-9,11H,1H3,(H3,25,27,29,30). The van der Waals surface area contributed by atoms with Crippen LogP contribution in [0, 0.1) is 23.0 Å². The smallest absolute Gasteiger partial charge is 0.236 e. The SMILES string of the molecule is CC(Nc1cc(N)nc(C#N)n1)c1cc2ncccc2nc1-c1cc(F)cc(F)c1. The average Bonchev–Trinajstić information content (AvgIpc) is 2.71. The van der Waals surface area contributed by atoms with Gasteiger partial charge in [-0.15, -0.1) is 0 Å². The monoisotopic (exact) mass is 403 g/mol. The van der Waals surface area contributed by atoms with Crippen LogP contribution < -0.4 is 11.1 Å². The number of pyridine rings is 2. The van der Waals surface area contributed by atoms with Crippen molar-refractivity contribution in [2.24, 2.45) is 0 Å². The van der Waals surface area contributed by atoms with E-state index >= 15 is 0 Å². The summed E-state index contributed by atoms with van der Waals surface area (Å²) in [6, 6.07) is 11.5. The molecule has 0 bridgehead atoms. The van der Waals surface area contributed by atoms with Crippen LogP contribution in [0.3, 0.4) is 0 Å². The molecule has 4 aromatic rings. The average molecular weight is 403 g/mol. The highest BCUT2D eigenvalue weighted by atomic mass is 19.1. The van der Waals surface area contributed by atoms with Gasteiger partial charge in [-0.05, 0) is 37.3 Å². The van der Waals surface area contributed by atoms with E-state index in [1.807, 2.05) is 13.0 Å². The summed E-state index contributed by atoms with van der Waals surface area (Å²) < 4.78 is 27.8. The van der Waals surface area contributed by atoms with E-state index < -0.39 is 17.7 Å². The molecule has 3 heterocycles. The second kappa shape index (κ2) is 7.67. The first kappa shape index (κ1) is 19.1. The first-order valence-corrected chi connectivity index (χ1v) is 8.96. The van der Waals surface area contributed by atoms with Gasteiger partial charge < -0.3 is 11.1 Å². The molecule has 3 N–H and O–H groups in total. The fourth-order valence-electron chi connectivity index (χ4n) is 3.16. The molecule has 4 rings (SSSR count). The molecule has 0 amide bonds. The minimum atomic E-state index is -0.702. The number of nitrogens with zero attached hydrogens (tertiary/aromatic N) is 5. The van der Waals surface area contributed by atoms with E-state index in [2.05, 4.69) is 25.3 Å². The Morgan fingerprint density at radius 1 is 1.03 bits per heavy atom. The Morgan fingerprint density at radius 3 is 2.53 bits per heavy atom. The summed E-state index contributed by atoms with van der Waals surface area (Å²) in [5, 5.41) is 12.2. The Morgan fingerprint density at radius 2 is 1.80 bits per heavy atom. The van der Waals surface area contributed by atoms with E-state index in [0.29, 0.717) is 33.7 Å². The third-order valence-corrected chi connectivity index (χ3v) is 4.43. The van der Waals surface area contributed by atoms with Gasteiger partial charge in [-0.25, -0.2) is 23.7 Å². The van der Waals surface area contributed by atoms with Crippen LogP contribution in [0.2, 0.25) is 0 Å². The molecule has 3 aromatic heterocycles. The fourth-order valence-corrected chi connectivity index (χ4v) is 3.16. The van der Waals surface area contributed by atoms with Gasteiger partial charge in [0, 0.05) is 29.5 Å². The number of nitrogen functional groups attached to an aromatic ring is 1. The van der Waals surface area contributed by atoms with Crippen molar-refractivity contribution < 1.29 is 8.78 Å². The van der Waals surface area contributed by atoms with E-state index in [4.69, 9.17) is 11.0 Å². The van der Waals surface area contributed by atoms with E-state index in [1.165, 1.54) is 18.2 Å². The molecule has 0 radical (unpaired) electrons. The molecule has 1 aromatic carbocycles. The molecular weight excluding hydrogens is 388 g/mol. The number of benzene rings is 1. The van der Waals surface area contributed by atoms with Gasteiger partial charge in [-0.3, -0.25) is 4.98 Å². The van der Waals surface area contributed by atoms with Gasteiger partial charge in [0.05, 0.1) is 22.8 Å². The number of halogens is 2. The molecule has 1 atom stereocenters. The van der Waals surface area contributed by atoms with Gasteiger partial charge >= 0.3 is 0 Å². The molecule has 9 heteroatoms. The van der Waals surface area contributed by atoms with E-state index in [-0.39, 0.29) is 11.6 Å². The third-order valence-electron chi connectivity index (χ3n) is 4.43. The van der Waals surface area contributed by atoms with Crippen LogP contribution in [-0.2, 0) is 0 Å². The number of aromatic nitrogens is 4. The predicted molar refractivity (Wildman–Crippen MR) is 108 cm³/mol. The number of nitrogens with one attached hydrogen (secondary N) is 1. The molecule has 148 valence electrons. The van der Waals surface area contributed by atoms with Crippen LogP contribution in [0.25, 0.3) is 22.3 Å². The Bertz CT molecular complexity index is 1280. The van der Waals surface area contributed by atoms with Gasteiger partial charge in [0.2, 0.25) is 5.82 Å². The summed E-state index contributed by atoms with van der Waals surface area (Å²) in [7, 11) is 0. The molecule has 0 aliphatic carbocycles. The highest BCUT2D eigenvalue weighted by Crippen LogP contribution is 2.32. The molecule has 0 saturated heterocycles.